The number of hydrogen-bond donors (Lipinski definition) is 0. The second-order valence-electron chi connectivity index (χ2n) is 17.5. The van der Waals surface area contributed by atoms with Crippen molar-refractivity contribution in [3.63, 3.8) is 0 Å². The van der Waals surface area contributed by atoms with Gasteiger partial charge in [-0.05, 0) is 154 Å². The van der Waals surface area contributed by atoms with Gasteiger partial charge in [0.05, 0.1) is 19.8 Å². The van der Waals surface area contributed by atoms with E-state index in [1.54, 1.807) is 0 Å². The fourth-order valence-electron chi connectivity index (χ4n) is 8.61. The van der Waals surface area contributed by atoms with E-state index in [-0.39, 0.29) is 0 Å². The standard InChI is InChI=1S/C64H64N2O2.C2H4/c1-5-10-51-21-33-59(34-22-51)65(61-37-25-53(26-38-61)12-9-45-67-46-54-17-13-49(7-3)14-18-54)63-41-29-57(30-42-63)58-31-43-64(44-32-58)66(60-35-23-52(11-6-2)24-36-60)62-39-27-56(28-40-62)48-68-47-55-19-15-50(8-4)16-20-55;1-2/h7-8,13-44H,3-6,9-12,45-48H2,1-2H3;1-2H2. The van der Waals surface area contributed by atoms with Crippen LogP contribution in [0.2, 0.25) is 0 Å². The maximum absolute atomic E-state index is 6.11. The fourth-order valence-corrected chi connectivity index (χ4v) is 8.61. The summed E-state index contributed by atoms with van der Waals surface area (Å²) in [6, 6.07) is 70.4. The van der Waals surface area contributed by atoms with E-state index in [2.05, 4.69) is 244 Å². The monoisotopic (exact) mass is 921 g/mol. The fraction of sp³-hybridized carbons (Fsp3) is 0.182. The van der Waals surface area contributed by atoms with Crippen LogP contribution in [0.15, 0.2) is 220 Å². The minimum Gasteiger partial charge on any atom is -0.377 e. The zero-order valence-electron chi connectivity index (χ0n) is 41.2. The summed E-state index contributed by atoms with van der Waals surface area (Å²) < 4.78 is 12.1. The number of rotatable bonds is 23. The quantitative estimate of drug-likeness (QED) is 0.0471. The summed E-state index contributed by atoms with van der Waals surface area (Å²) >= 11 is 0. The van der Waals surface area contributed by atoms with Gasteiger partial charge in [0.15, 0.2) is 0 Å². The summed E-state index contributed by atoms with van der Waals surface area (Å²) in [5.74, 6) is 0. The third-order valence-corrected chi connectivity index (χ3v) is 12.4. The molecule has 354 valence electrons. The molecule has 0 radical (unpaired) electrons. The van der Waals surface area contributed by atoms with Crippen LogP contribution in [0.3, 0.4) is 0 Å². The van der Waals surface area contributed by atoms with Gasteiger partial charge in [-0.25, -0.2) is 0 Å². The van der Waals surface area contributed by atoms with E-state index in [0.29, 0.717) is 19.8 Å². The van der Waals surface area contributed by atoms with Gasteiger partial charge in [-0.3, -0.25) is 0 Å². The summed E-state index contributed by atoms with van der Waals surface area (Å²) in [5, 5.41) is 0. The molecule has 0 aromatic heterocycles. The summed E-state index contributed by atoms with van der Waals surface area (Å²) in [6.07, 6.45) is 10.1. The SMILES string of the molecule is C=C.C=Cc1ccc(COCCCc2ccc(N(c3ccc(CCC)cc3)c3ccc(-c4ccc(N(c5ccc(CCC)cc5)c5ccc(COCc6ccc(C=C)cc6)cc5)cc4)cc3)cc2)cc1. The lowest BCUT2D eigenvalue weighted by atomic mass is 10.0. The first kappa shape index (κ1) is 50.4. The van der Waals surface area contributed by atoms with Gasteiger partial charge >= 0.3 is 0 Å². The predicted octanol–water partition coefficient (Wildman–Crippen LogP) is 18.2. The van der Waals surface area contributed by atoms with Crippen molar-refractivity contribution in [2.24, 2.45) is 0 Å². The Labute approximate surface area is 418 Å². The maximum Gasteiger partial charge on any atom is 0.0721 e. The first-order chi connectivity index (χ1) is 34.5. The van der Waals surface area contributed by atoms with Crippen molar-refractivity contribution in [1.29, 1.82) is 0 Å². The molecule has 8 aromatic rings. The first-order valence-corrected chi connectivity index (χ1v) is 24.7. The van der Waals surface area contributed by atoms with Gasteiger partial charge in [0.1, 0.15) is 0 Å². The highest BCUT2D eigenvalue weighted by Gasteiger charge is 2.16. The summed E-state index contributed by atoms with van der Waals surface area (Å²) in [7, 11) is 0. The van der Waals surface area contributed by atoms with Gasteiger partial charge in [0.25, 0.3) is 0 Å². The zero-order valence-corrected chi connectivity index (χ0v) is 41.2. The van der Waals surface area contributed by atoms with E-state index in [1.165, 1.54) is 33.4 Å². The van der Waals surface area contributed by atoms with Crippen molar-refractivity contribution in [1.82, 2.24) is 0 Å². The molecule has 0 saturated heterocycles. The molecule has 0 aliphatic rings. The van der Waals surface area contributed by atoms with Crippen molar-refractivity contribution in [2.45, 2.75) is 72.2 Å². The Kier molecular flexibility index (Phi) is 18.9. The molecule has 4 heteroatoms. The Morgan fingerprint density at radius 1 is 0.343 bits per heavy atom. The molecule has 70 heavy (non-hydrogen) atoms. The summed E-state index contributed by atoms with van der Waals surface area (Å²) in [6.45, 7) is 20.6. The van der Waals surface area contributed by atoms with Crippen LogP contribution in [0.4, 0.5) is 34.1 Å². The average Bonchev–Trinajstić information content (AvgIpc) is 3.42. The van der Waals surface area contributed by atoms with Gasteiger partial charge in [-0.15, -0.1) is 13.2 Å². The summed E-state index contributed by atoms with van der Waals surface area (Å²) in [4.78, 5) is 4.69. The molecule has 0 saturated carbocycles. The number of anilines is 6. The van der Waals surface area contributed by atoms with Crippen molar-refractivity contribution in [2.75, 3.05) is 16.4 Å². The number of nitrogens with zero attached hydrogens (tertiary/aromatic N) is 2. The molecule has 0 atom stereocenters. The van der Waals surface area contributed by atoms with Crippen LogP contribution in [0.1, 0.15) is 77.6 Å². The highest BCUT2D eigenvalue weighted by molar-refractivity contribution is 5.81. The Morgan fingerprint density at radius 2 is 0.614 bits per heavy atom. The molecule has 4 nitrogen and oxygen atoms in total. The highest BCUT2D eigenvalue weighted by Crippen LogP contribution is 2.39. The van der Waals surface area contributed by atoms with Crippen molar-refractivity contribution >= 4 is 46.3 Å². The largest absolute Gasteiger partial charge is 0.377 e. The van der Waals surface area contributed by atoms with Crippen LogP contribution in [0, 0.1) is 0 Å². The van der Waals surface area contributed by atoms with Crippen LogP contribution in [-0.2, 0) is 48.6 Å². The van der Waals surface area contributed by atoms with Gasteiger partial charge in [0, 0.05) is 40.7 Å². The number of aryl methyl sites for hydroxylation is 3. The smallest absolute Gasteiger partial charge is 0.0721 e. The lowest BCUT2D eigenvalue weighted by Gasteiger charge is -2.27. The molecular formula is C66H68N2O2. The van der Waals surface area contributed by atoms with Crippen LogP contribution < -0.4 is 9.80 Å². The third-order valence-electron chi connectivity index (χ3n) is 12.4. The van der Waals surface area contributed by atoms with Crippen LogP contribution in [-0.4, -0.2) is 6.61 Å². The lowest BCUT2D eigenvalue weighted by Crippen LogP contribution is -2.10. The average molecular weight is 921 g/mol. The third kappa shape index (κ3) is 13.8. The molecule has 0 bridgehead atoms. The number of hydrogen-bond acceptors (Lipinski definition) is 4. The Bertz CT molecular complexity index is 2790. The molecule has 0 fully saturated rings. The van der Waals surface area contributed by atoms with E-state index >= 15 is 0 Å². The Balaban J connectivity index is 0.00000356. The van der Waals surface area contributed by atoms with Gasteiger partial charge in [-0.2, -0.15) is 0 Å². The maximum atomic E-state index is 6.11. The predicted molar refractivity (Wildman–Crippen MR) is 300 cm³/mol. The zero-order chi connectivity index (χ0) is 48.9. The van der Waals surface area contributed by atoms with Crippen LogP contribution in [0.5, 0.6) is 0 Å². The summed E-state index contributed by atoms with van der Waals surface area (Å²) in [5.41, 5.74) is 18.8. The molecule has 0 N–H and O–H groups in total. The van der Waals surface area contributed by atoms with Crippen LogP contribution >= 0.6 is 0 Å². The molecule has 0 spiro atoms. The molecule has 0 heterocycles. The second kappa shape index (κ2) is 26.3. The second-order valence-corrected chi connectivity index (χ2v) is 17.5. The molecular weight excluding hydrogens is 853 g/mol. The van der Waals surface area contributed by atoms with Crippen molar-refractivity contribution in [3.05, 3.63) is 265 Å². The van der Waals surface area contributed by atoms with E-state index in [9.17, 15) is 0 Å². The van der Waals surface area contributed by atoms with Gasteiger partial charge in [-0.1, -0.05) is 173 Å². The van der Waals surface area contributed by atoms with Gasteiger partial charge < -0.3 is 19.3 Å². The topological polar surface area (TPSA) is 24.9 Å². The molecule has 0 amide bonds. The molecule has 0 aliphatic heterocycles. The first-order valence-electron chi connectivity index (χ1n) is 24.7. The normalized spacial score (nSPS) is 10.8. The van der Waals surface area contributed by atoms with E-state index < -0.39 is 0 Å². The lowest BCUT2D eigenvalue weighted by molar-refractivity contribution is 0.107. The van der Waals surface area contributed by atoms with E-state index in [1.807, 2.05) is 12.2 Å². The van der Waals surface area contributed by atoms with E-state index in [0.717, 1.165) is 102 Å². The van der Waals surface area contributed by atoms with Gasteiger partial charge in [0.2, 0.25) is 0 Å². The number of ether oxygens (including phenoxy) is 2. The van der Waals surface area contributed by atoms with E-state index in [4.69, 9.17) is 9.47 Å². The highest BCUT2D eigenvalue weighted by atomic mass is 16.5. The Morgan fingerprint density at radius 3 is 0.929 bits per heavy atom. The molecule has 0 unspecified atom stereocenters. The Hall–Kier alpha value is -7.50. The minimum absolute atomic E-state index is 0.544. The number of benzene rings is 8. The van der Waals surface area contributed by atoms with Crippen molar-refractivity contribution in [3.8, 4) is 11.1 Å². The minimum atomic E-state index is 0.544. The van der Waals surface area contributed by atoms with Crippen molar-refractivity contribution < 1.29 is 9.47 Å². The molecule has 8 aromatic carbocycles. The molecule has 8 rings (SSSR count). The van der Waals surface area contributed by atoms with Crippen LogP contribution in [0.25, 0.3) is 23.3 Å². The molecule has 0 aliphatic carbocycles.